The molecule has 0 bridgehead atoms. The lowest BCUT2D eigenvalue weighted by Crippen LogP contribution is -2.33. The van der Waals surface area contributed by atoms with Crippen LogP contribution in [0.1, 0.15) is 19.5 Å². The Kier molecular flexibility index (Phi) is 5.64. The molecule has 0 aliphatic carbocycles. The Bertz CT molecular complexity index is 510. The van der Waals surface area contributed by atoms with Crippen LogP contribution in [-0.4, -0.2) is 41.0 Å². The van der Waals surface area contributed by atoms with Gasteiger partial charge in [0.05, 0.1) is 11.4 Å². The molecule has 108 valence electrons. The zero-order valence-corrected chi connectivity index (χ0v) is 13.2. The normalized spacial score (nSPS) is 11.4. The Morgan fingerprint density at radius 3 is 2.90 bits per heavy atom. The molecular weight excluding hydrogens is 268 g/mol. The van der Waals surface area contributed by atoms with Crippen LogP contribution in [-0.2, 0) is 6.54 Å². The number of nitrogens with one attached hydrogen (secondary N) is 1. The molecule has 20 heavy (non-hydrogen) atoms. The molecule has 5 heteroatoms. The molecule has 0 aliphatic rings. The van der Waals surface area contributed by atoms with Crippen molar-refractivity contribution in [2.75, 3.05) is 20.1 Å². The van der Waals surface area contributed by atoms with Gasteiger partial charge in [-0.2, -0.15) is 0 Å². The molecule has 0 unspecified atom stereocenters. The molecule has 0 aromatic carbocycles. The van der Waals surface area contributed by atoms with Crippen LogP contribution in [0.15, 0.2) is 29.8 Å². The minimum atomic E-state index is 0.590. The van der Waals surface area contributed by atoms with E-state index in [2.05, 4.69) is 46.5 Å². The Labute approximate surface area is 124 Å². The van der Waals surface area contributed by atoms with E-state index < -0.39 is 0 Å². The lowest BCUT2D eigenvalue weighted by atomic mass is 10.3. The highest BCUT2D eigenvalue weighted by Crippen LogP contribution is 2.20. The summed E-state index contributed by atoms with van der Waals surface area (Å²) in [5, 5.41) is 6.52. The van der Waals surface area contributed by atoms with Crippen molar-refractivity contribution in [2.45, 2.75) is 26.4 Å². The first kappa shape index (κ1) is 15.1. The van der Waals surface area contributed by atoms with Gasteiger partial charge in [-0.1, -0.05) is 6.07 Å². The van der Waals surface area contributed by atoms with Crippen molar-refractivity contribution in [3.05, 3.63) is 35.5 Å². The maximum Gasteiger partial charge on any atom is 0.142 e. The van der Waals surface area contributed by atoms with Crippen LogP contribution in [0.4, 0.5) is 0 Å². The van der Waals surface area contributed by atoms with Gasteiger partial charge in [-0.15, -0.1) is 11.3 Å². The van der Waals surface area contributed by atoms with E-state index >= 15 is 0 Å². The number of pyridine rings is 1. The van der Waals surface area contributed by atoms with Crippen molar-refractivity contribution >= 4 is 11.3 Å². The predicted octanol–water partition coefficient (Wildman–Crippen LogP) is 2.63. The summed E-state index contributed by atoms with van der Waals surface area (Å²) in [4.78, 5) is 11.3. The monoisotopic (exact) mass is 290 g/mol. The molecule has 0 saturated carbocycles. The molecular formula is C15H22N4S. The zero-order chi connectivity index (χ0) is 14.4. The van der Waals surface area contributed by atoms with Gasteiger partial charge in [0.1, 0.15) is 5.01 Å². The van der Waals surface area contributed by atoms with Crippen molar-refractivity contribution in [3.63, 3.8) is 0 Å². The van der Waals surface area contributed by atoms with Crippen LogP contribution < -0.4 is 5.32 Å². The van der Waals surface area contributed by atoms with Crippen LogP contribution in [0.5, 0.6) is 0 Å². The fourth-order valence-corrected chi connectivity index (χ4v) is 2.52. The number of nitrogens with zero attached hydrogens (tertiary/aromatic N) is 3. The molecule has 0 atom stereocenters. The second kappa shape index (κ2) is 7.47. The van der Waals surface area contributed by atoms with Crippen molar-refractivity contribution in [1.82, 2.24) is 20.2 Å². The molecule has 0 aliphatic heterocycles. The van der Waals surface area contributed by atoms with Gasteiger partial charge >= 0.3 is 0 Å². The van der Waals surface area contributed by atoms with Crippen molar-refractivity contribution in [3.8, 4) is 10.7 Å². The maximum atomic E-state index is 4.61. The van der Waals surface area contributed by atoms with Crippen LogP contribution in [0.3, 0.4) is 0 Å². The third kappa shape index (κ3) is 4.37. The minimum absolute atomic E-state index is 0.590. The van der Waals surface area contributed by atoms with Gasteiger partial charge in [0.15, 0.2) is 0 Å². The summed E-state index contributed by atoms with van der Waals surface area (Å²) in [5.74, 6) is 0. The fraction of sp³-hybridized carbons (Fsp3) is 0.467. The quantitative estimate of drug-likeness (QED) is 0.796. The lowest BCUT2D eigenvalue weighted by Gasteiger charge is -2.20. The molecule has 0 saturated heterocycles. The number of likely N-dealkylation sites (N-methyl/N-ethyl adjacent to an activating group) is 1. The van der Waals surface area contributed by atoms with E-state index in [1.807, 2.05) is 18.2 Å². The average molecular weight is 290 g/mol. The number of hydrogen-bond acceptors (Lipinski definition) is 5. The van der Waals surface area contributed by atoms with Gasteiger partial charge in [-0.25, -0.2) is 4.98 Å². The molecule has 4 nitrogen and oxygen atoms in total. The third-order valence-electron chi connectivity index (χ3n) is 3.26. The molecule has 0 fully saturated rings. The van der Waals surface area contributed by atoms with Crippen LogP contribution in [0, 0.1) is 0 Å². The smallest absolute Gasteiger partial charge is 0.142 e. The average Bonchev–Trinajstić information content (AvgIpc) is 2.93. The van der Waals surface area contributed by atoms with Crippen molar-refractivity contribution in [1.29, 1.82) is 0 Å². The minimum Gasteiger partial charge on any atom is -0.310 e. The predicted molar refractivity (Wildman–Crippen MR) is 84.8 cm³/mol. The molecule has 2 heterocycles. The van der Waals surface area contributed by atoms with E-state index in [0.717, 1.165) is 36.0 Å². The van der Waals surface area contributed by atoms with Gasteiger partial charge in [0.2, 0.25) is 0 Å². The second-order valence-electron chi connectivity index (χ2n) is 5.11. The standard InChI is InChI=1S/C15H22N4S/c1-12(2)19(3)9-8-16-10-13-11-20-15(18-13)14-6-4-5-7-17-14/h4-7,11-12,16H,8-10H2,1-3H3. The summed E-state index contributed by atoms with van der Waals surface area (Å²) in [6, 6.07) is 6.49. The molecule has 1 N–H and O–H groups in total. The molecule has 2 aromatic rings. The van der Waals surface area contributed by atoms with E-state index in [1.165, 1.54) is 0 Å². The first-order valence-electron chi connectivity index (χ1n) is 6.93. The summed E-state index contributed by atoms with van der Waals surface area (Å²) in [7, 11) is 2.15. The molecule has 0 amide bonds. The van der Waals surface area contributed by atoms with Crippen LogP contribution in [0.25, 0.3) is 10.7 Å². The van der Waals surface area contributed by atoms with E-state index in [0.29, 0.717) is 6.04 Å². The SMILES string of the molecule is CC(C)N(C)CCNCc1csc(-c2ccccn2)n1. The summed E-state index contributed by atoms with van der Waals surface area (Å²) in [6.45, 7) is 7.26. The summed E-state index contributed by atoms with van der Waals surface area (Å²) in [6.07, 6.45) is 1.80. The molecule has 0 radical (unpaired) electrons. The van der Waals surface area contributed by atoms with E-state index in [9.17, 15) is 0 Å². The van der Waals surface area contributed by atoms with Crippen molar-refractivity contribution < 1.29 is 0 Å². The largest absolute Gasteiger partial charge is 0.310 e. The highest BCUT2D eigenvalue weighted by Gasteiger charge is 2.06. The zero-order valence-electron chi connectivity index (χ0n) is 12.3. The molecule has 2 rings (SSSR count). The Morgan fingerprint density at radius 2 is 2.20 bits per heavy atom. The van der Waals surface area contributed by atoms with Crippen LogP contribution in [0.2, 0.25) is 0 Å². The first-order valence-corrected chi connectivity index (χ1v) is 7.81. The topological polar surface area (TPSA) is 41.0 Å². The summed E-state index contributed by atoms with van der Waals surface area (Å²) >= 11 is 1.65. The maximum absolute atomic E-state index is 4.61. The molecule has 2 aromatic heterocycles. The van der Waals surface area contributed by atoms with Gasteiger partial charge in [-0.3, -0.25) is 4.98 Å². The van der Waals surface area contributed by atoms with Gasteiger partial charge in [0.25, 0.3) is 0 Å². The fourth-order valence-electron chi connectivity index (χ4n) is 1.73. The number of aromatic nitrogens is 2. The van der Waals surface area contributed by atoms with Gasteiger partial charge < -0.3 is 10.2 Å². The Hall–Kier alpha value is -1.30. The van der Waals surface area contributed by atoms with Gasteiger partial charge in [0, 0.05) is 37.3 Å². The highest BCUT2D eigenvalue weighted by atomic mass is 32.1. The molecule has 0 spiro atoms. The van der Waals surface area contributed by atoms with E-state index in [1.54, 1.807) is 17.5 Å². The lowest BCUT2D eigenvalue weighted by molar-refractivity contribution is 0.273. The summed E-state index contributed by atoms with van der Waals surface area (Å²) in [5.41, 5.74) is 2.03. The van der Waals surface area contributed by atoms with Gasteiger partial charge in [-0.05, 0) is 33.0 Å². The third-order valence-corrected chi connectivity index (χ3v) is 4.18. The van der Waals surface area contributed by atoms with Crippen molar-refractivity contribution in [2.24, 2.45) is 0 Å². The first-order chi connectivity index (χ1) is 9.66. The Balaban J connectivity index is 1.79. The number of thiazole rings is 1. The van der Waals surface area contributed by atoms with E-state index in [-0.39, 0.29) is 0 Å². The number of hydrogen-bond donors (Lipinski definition) is 1. The number of rotatable bonds is 7. The van der Waals surface area contributed by atoms with E-state index in [4.69, 9.17) is 0 Å². The highest BCUT2D eigenvalue weighted by molar-refractivity contribution is 7.13. The summed E-state index contributed by atoms with van der Waals surface area (Å²) < 4.78 is 0. The van der Waals surface area contributed by atoms with Crippen LogP contribution >= 0.6 is 11.3 Å². The Morgan fingerprint density at radius 1 is 1.35 bits per heavy atom. The second-order valence-corrected chi connectivity index (χ2v) is 5.97.